The summed E-state index contributed by atoms with van der Waals surface area (Å²) in [6, 6.07) is 0. The lowest BCUT2D eigenvalue weighted by atomic mass is 10.2. The van der Waals surface area contributed by atoms with Crippen molar-refractivity contribution in [2.75, 3.05) is 6.61 Å². The third kappa shape index (κ3) is 2.96. The second-order valence-corrected chi connectivity index (χ2v) is 4.88. The van der Waals surface area contributed by atoms with E-state index in [1.165, 1.54) is 10.8 Å². The van der Waals surface area contributed by atoms with Crippen molar-refractivity contribution in [2.45, 2.75) is 24.9 Å². The number of nitrogens with one attached hydrogen (secondary N) is 1. The third-order valence-corrected chi connectivity index (χ3v) is 3.29. The molecule has 19 heavy (non-hydrogen) atoms. The molecule has 0 amide bonds. The van der Waals surface area contributed by atoms with Gasteiger partial charge in [-0.15, -0.1) is 0 Å². The molecule has 0 bridgehead atoms. The van der Waals surface area contributed by atoms with Gasteiger partial charge in [0.25, 0.3) is 5.56 Å². The van der Waals surface area contributed by atoms with Gasteiger partial charge in [-0.2, -0.15) is 0 Å². The lowest BCUT2D eigenvalue weighted by molar-refractivity contribution is -0.0459. The Morgan fingerprint density at radius 3 is 2.89 bits per heavy atom. The molecule has 0 radical (unpaired) electrons. The molecule has 1 aliphatic rings. The van der Waals surface area contributed by atoms with Crippen LogP contribution in [0.4, 0.5) is 0 Å². The minimum atomic E-state index is -0.836. The van der Waals surface area contributed by atoms with Crippen LogP contribution in [0.2, 0.25) is 0 Å². The Labute approximate surface area is 121 Å². The van der Waals surface area contributed by atoms with E-state index in [1.54, 1.807) is 10.2 Å². The lowest BCUT2D eigenvalue weighted by Gasteiger charge is -2.14. The van der Waals surface area contributed by atoms with E-state index >= 15 is 0 Å². The molecule has 3 N–H and O–H groups in total. The number of aliphatic hydroxyl groups is 2. The van der Waals surface area contributed by atoms with Crippen LogP contribution in [0.1, 0.15) is 18.2 Å². The summed E-state index contributed by atoms with van der Waals surface area (Å²) in [7, 11) is 0. The summed E-state index contributed by atoms with van der Waals surface area (Å²) in [6.45, 7) is -0.323. The normalized spacial score (nSPS) is 27.2. The number of aliphatic hydroxyl groups excluding tert-OH is 2. The maximum absolute atomic E-state index is 11.7. The van der Waals surface area contributed by atoms with Crippen molar-refractivity contribution in [2.24, 2.45) is 0 Å². The second kappa shape index (κ2) is 5.99. The second-order valence-electron chi connectivity index (χ2n) is 4.16. The largest absolute Gasteiger partial charge is 0.394 e. The average molecular weight is 384 g/mol. The van der Waals surface area contributed by atoms with Crippen LogP contribution in [0.25, 0.3) is 6.08 Å². The molecule has 2 rings (SSSR count). The van der Waals surface area contributed by atoms with Crippen molar-refractivity contribution in [3.05, 3.63) is 36.7 Å². The summed E-state index contributed by atoms with van der Waals surface area (Å²) < 4.78 is 8.24. The number of H-pyrrole nitrogens is 1. The first-order valence-electron chi connectivity index (χ1n) is 5.63. The van der Waals surface area contributed by atoms with E-state index < -0.39 is 29.7 Å². The predicted molar refractivity (Wildman–Crippen MR) is 76.0 cm³/mol. The van der Waals surface area contributed by atoms with Crippen LogP contribution in [-0.2, 0) is 4.74 Å². The first-order chi connectivity index (χ1) is 9.06. The fourth-order valence-electron chi connectivity index (χ4n) is 1.95. The van der Waals surface area contributed by atoms with Gasteiger partial charge < -0.3 is 14.9 Å². The Bertz CT molecular complexity index is 593. The molecule has 3 atom stereocenters. The molecule has 8 heteroatoms. The molecule has 1 aliphatic heterocycles. The van der Waals surface area contributed by atoms with Gasteiger partial charge in [-0.25, -0.2) is 4.79 Å². The van der Waals surface area contributed by atoms with E-state index in [1.807, 2.05) is 22.6 Å². The van der Waals surface area contributed by atoms with Gasteiger partial charge in [0.2, 0.25) is 0 Å². The Morgan fingerprint density at radius 1 is 1.58 bits per heavy atom. The topological polar surface area (TPSA) is 105 Å². The highest BCUT2D eigenvalue weighted by Gasteiger charge is 2.35. The monoisotopic (exact) mass is 384 g/mol. The quantitative estimate of drug-likeness (QED) is 0.615. The van der Waals surface area contributed by atoms with Crippen LogP contribution in [0.5, 0.6) is 0 Å². The summed E-state index contributed by atoms with van der Waals surface area (Å²) in [5, 5.41) is 18.7. The maximum atomic E-state index is 11.7. The van der Waals surface area contributed by atoms with Gasteiger partial charge in [0.05, 0.1) is 18.3 Å². The molecule has 0 aromatic carbocycles. The number of nitrogens with zero attached hydrogens (tertiary/aromatic N) is 1. The van der Waals surface area contributed by atoms with E-state index in [0.29, 0.717) is 5.56 Å². The van der Waals surface area contributed by atoms with Gasteiger partial charge in [0, 0.05) is 12.6 Å². The van der Waals surface area contributed by atoms with Crippen LogP contribution in [-0.4, -0.2) is 38.6 Å². The molecule has 0 spiro atoms. The van der Waals surface area contributed by atoms with Crippen LogP contribution < -0.4 is 11.2 Å². The van der Waals surface area contributed by atoms with E-state index in [4.69, 9.17) is 9.84 Å². The predicted octanol–water partition coefficient (Wildman–Crippen LogP) is -0.417. The fourth-order valence-corrected chi connectivity index (χ4v) is 2.34. The number of hydrogen-bond donors (Lipinski definition) is 3. The zero-order chi connectivity index (χ0) is 14.0. The Morgan fingerprint density at radius 2 is 2.32 bits per heavy atom. The minimum absolute atomic E-state index is 0.185. The third-order valence-electron chi connectivity index (χ3n) is 2.93. The number of aromatic amines is 1. The lowest BCUT2D eigenvalue weighted by Crippen LogP contribution is -2.33. The Balaban J connectivity index is 2.38. The van der Waals surface area contributed by atoms with Crippen LogP contribution in [0, 0.1) is 0 Å². The summed E-state index contributed by atoms with van der Waals surface area (Å²) in [5.41, 5.74) is -0.766. The summed E-state index contributed by atoms with van der Waals surface area (Å²) in [5.74, 6) is 0. The van der Waals surface area contributed by atoms with Crippen molar-refractivity contribution < 1.29 is 14.9 Å². The Hall–Kier alpha value is -0.970. The fraction of sp³-hybridized carbons (Fsp3) is 0.455. The number of aromatic nitrogens is 2. The van der Waals surface area contributed by atoms with Gasteiger partial charge in [-0.05, 0) is 10.2 Å². The number of rotatable bonds is 3. The highest BCUT2D eigenvalue weighted by Crippen LogP contribution is 2.27. The maximum Gasteiger partial charge on any atom is 0.330 e. The molecule has 1 saturated heterocycles. The molecule has 104 valence electrons. The van der Waals surface area contributed by atoms with E-state index in [9.17, 15) is 14.7 Å². The van der Waals surface area contributed by atoms with Gasteiger partial charge in [-0.3, -0.25) is 14.3 Å². The summed E-state index contributed by atoms with van der Waals surface area (Å²) in [6.07, 6.45) is 0.880. The van der Waals surface area contributed by atoms with Gasteiger partial charge in [-0.1, -0.05) is 22.6 Å². The van der Waals surface area contributed by atoms with Crippen molar-refractivity contribution in [3.63, 3.8) is 0 Å². The molecule has 0 unspecified atom stereocenters. The SMILES string of the molecule is O=c1[nH]c(=O)n([C@H]2C[C@H](O)[C@@H](CO)O2)cc1/C=C/[131I]. The summed E-state index contributed by atoms with van der Waals surface area (Å²) >= 11 is 1.96. The molecule has 0 saturated carbocycles. The number of ether oxygens (including phenoxy) is 1. The molecule has 1 aromatic heterocycles. The van der Waals surface area contributed by atoms with Gasteiger partial charge in [0.15, 0.2) is 0 Å². The van der Waals surface area contributed by atoms with E-state index in [-0.39, 0.29) is 13.0 Å². The van der Waals surface area contributed by atoms with Gasteiger partial charge >= 0.3 is 5.69 Å². The zero-order valence-electron chi connectivity index (χ0n) is 9.82. The summed E-state index contributed by atoms with van der Waals surface area (Å²) in [4.78, 5) is 25.5. The van der Waals surface area contributed by atoms with Crippen molar-refractivity contribution in [3.8, 4) is 0 Å². The van der Waals surface area contributed by atoms with Crippen LogP contribution >= 0.6 is 22.6 Å². The van der Waals surface area contributed by atoms with Crippen LogP contribution in [0.15, 0.2) is 19.9 Å². The Kier molecular flexibility index (Phi) is 4.55. The van der Waals surface area contributed by atoms with E-state index in [0.717, 1.165) is 0 Å². The molecule has 2 heterocycles. The first-order valence-corrected chi connectivity index (χ1v) is 6.88. The highest BCUT2D eigenvalue weighted by molar-refractivity contribution is 14.1. The van der Waals surface area contributed by atoms with Crippen molar-refractivity contribution in [1.29, 1.82) is 0 Å². The minimum Gasteiger partial charge on any atom is -0.394 e. The standard InChI is InChI=1S/C11H13IN2O5/c12-2-1-6-4-14(11(18)13-10(6)17)9-3-7(16)8(5-15)19-9/h1-2,4,7-9,15-16H,3,5H2,(H,13,17,18)/b2-1+/t7-,8+,9+/m0/s1/i12+4. The van der Waals surface area contributed by atoms with Gasteiger partial charge in [0.1, 0.15) is 12.3 Å². The zero-order valence-corrected chi connectivity index (χ0v) is 12.0. The number of hydrogen-bond acceptors (Lipinski definition) is 5. The highest BCUT2D eigenvalue weighted by atomic mass is 131. The first kappa shape index (κ1) is 14.4. The molecule has 0 aliphatic carbocycles. The molecule has 7 nitrogen and oxygen atoms in total. The molecular formula is C11H13IN2O5. The smallest absolute Gasteiger partial charge is 0.330 e. The molecule has 1 aromatic rings. The van der Waals surface area contributed by atoms with Crippen LogP contribution in [0.3, 0.4) is 0 Å². The average Bonchev–Trinajstić information content (AvgIpc) is 2.74. The number of halogens is 1. The van der Waals surface area contributed by atoms with E-state index in [2.05, 4.69) is 4.98 Å². The van der Waals surface area contributed by atoms with Crippen molar-refractivity contribution in [1.82, 2.24) is 9.55 Å². The van der Waals surface area contributed by atoms with Crippen molar-refractivity contribution >= 4 is 28.7 Å². The molecule has 1 fully saturated rings. The molecular weight excluding hydrogens is 371 g/mol.